The Bertz CT molecular complexity index is 1330. The highest BCUT2D eigenvalue weighted by molar-refractivity contribution is 7.88. The zero-order chi connectivity index (χ0) is 28.4. The van der Waals surface area contributed by atoms with Crippen molar-refractivity contribution in [1.82, 2.24) is 14.5 Å². The molecule has 1 N–H and O–H groups in total. The Morgan fingerprint density at radius 1 is 0.875 bits per heavy atom. The van der Waals surface area contributed by atoms with Crippen LogP contribution in [-0.4, -0.2) is 67.5 Å². The Hall–Kier alpha value is -3.53. The van der Waals surface area contributed by atoms with Crippen molar-refractivity contribution in [3.05, 3.63) is 108 Å². The Balaban J connectivity index is 1.63. The van der Waals surface area contributed by atoms with E-state index in [0.29, 0.717) is 13.2 Å². The average Bonchev–Trinajstić information content (AvgIpc) is 3.48. The summed E-state index contributed by atoms with van der Waals surface area (Å²) in [4.78, 5) is 29.2. The van der Waals surface area contributed by atoms with Crippen LogP contribution < -0.4 is 5.32 Å². The van der Waals surface area contributed by atoms with Crippen LogP contribution in [0.3, 0.4) is 0 Å². The van der Waals surface area contributed by atoms with Gasteiger partial charge in [0.1, 0.15) is 6.04 Å². The first kappa shape index (κ1) is 29.5. The molecule has 1 saturated heterocycles. The number of sulfonamides is 1. The van der Waals surface area contributed by atoms with E-state index in [0.717, 1.165) is 40.1 Å². The average molecular weight is 564 g/mol. The number of ether oxygens (including phenoxy) is 1. The molecule has 3 aromatic carbocycles. The molecule has 1 heterocycles. The van der Waals surface area contributed by atoms with Gasteiger partial charge in [0.05, 0.1) is 18.9 Å². The number of nitrogens with zero attached hydrogens (tertiary/aromatic N) is 2. The van der Waals surface area contributed by atoms with E-state index in [4.69, 9.17) is 4.74 Å². The van der Waals surface area contributed by atoms with E-state index in [1.807, 2.05) is 91.0 Å². The minimum Gasteiger partial charge on any atom is -0.376 e. The maximum absolute atomic E-state index is 14.0. The number of rotatable bonds is 13. The fourth-order valence-corrected chi connectivity index (χ4v) is 5.52. The molecule has 1 aliphatic heterocycles. The molecule has 1 fully saturated rings. The summed E-state index contributed by atoms with van der Waals surface area (Å²) in [6.07, 6.45) is 3.16. The van der Waals surface area contributed by atoms with E-state index < -0.39 is 22.0 Å². The van der Waals surface area contributed by atoms with Crippen LogP contribution in [0.4, 0.5) is 0 Å². The Morgan fingerprint density at radius 3 is 1.95 bits per heavy atom. The topological polar surface area (TPSA) is 96.0 Å². The van der Waals surface area contributed by atoms with E-state index in [9.17, 15) is 18.0 Å². The van der Waals surface area contributed by atoms with Gasteiger partial charge in [0, 0.05) is 32.7 Å². The van der Waals surface area contributed by atoms with Crippen LogP contribution >= 0.6 is 0 Å². The van der Waals surface area contributed by atoms with Crippen LogP contribution in [-0.2, 0) is 43.9 Å². The van der Waals surface area contributed by atoms with Crippen molar-refractivity contribution >= 4 is 21.8 Å². The van der Waals surface area contributed by atoms with Gasteiger partial charge in [0.2, 0.25) is 21.8 Å². The molecule has 2 amide bonds. The predicted molar refractivity (Wildman–Crippen MR) is 155 cm³/mol. The van der Waals surface area contributed by atoms with Crippen molar-refractivity contribution in [2.24, 2.45) is 0 Å². The van der Waals surface area contributed by atoms with Crippen molar-refractivity contribution in [3.8, 4) is 0 Å². The fraction of sp³-hybridized carbons (Fsp3) is 0.355. The molecular weight excluding hydrogens is 526 g/mol. The summed E-state index contributed by atoms with van der Waals surface area (Å²) in [5.41, 5.74) is 2.51. The lowest BCUT2D eigenvalue weighted by atomic mass is 10.0. The summed E-state index contributed by atoms with van der Waals surface area (Å²) >= 11 is 0. The SMILES string of the molecule is CS(=O)(=O)N(CC(=O)N(Cc1ccccc1)[C@@H](Cc1ccccc1)C(=O)NC[C@@H]1CCCO1)Cc1ccccc1. The van der Waals surface area contributed by atoms with Crippen molar-refractivity contribution < 1.29 is 22.7 Å². The second kappa shape index (κ2) is 14.2. The molecule has 0 aliphatic carbocycles. The van der Waals surface area contributed by atoms with Gasteiger partial charge in [-0.1, -0.05) is 91.0 Å². The highest BCUT2D eigenvalue weighted by Crippen LogP contribution is 2.18. The highest BCUT2D eigenvalue weighted by atomic mass is 32.2. The summed E-state index contributed by atoms with van der Waals surface area (Å²) in [5.74, 6) is -0.740. The molecule has 2 atom stereocenters. The van der Waals surface area contributed by atoms with Gasteiger partial charge >= 0.3 is 0 Å². The molecule has 8 nitrogen and oxygen atoms in total. The second-order valence-electron chi connectivity index (χ2n) is 10.1. The smallest absolute Gasteiger partial charge is 0.243 e. The number of benzene rings is 3. The quantitative estimate of drug-likeness (QED) is 0.344. The predicted octanol–water partition coefficient (Wildman–Crippen LogP) is 3.38. The monoisotopic (exact) mass is 563 g/mol. The first-order chi connectivity index (χ1) is 19.3. The van der Waals surface area contributed by atoms with Gasteiger partial charge < -0.3 is 15.0 Å². The standard InChI is InChI=1S/C31H37N3O5S/c1-40(37,38)33(22-26-14-7-3-8-15-26)24-30(35)34(23-27-16-9-4-10-17-27)29(20-25-12-5-2-6-13-25)31(36)32-21-28-18-11-19-39-28/h2-10,12-17,28-29H,11,18-24H2,1H3,(H,32,36)/t28-,29-/m0/s1. The van der Waals surface area contributed by atoms with Crippen molar-refractivity contribution in [3.63, 3.8) is 0 Å². The maximum atomic E-state index is 14.0. The van der Waals surface area contributed by atoms with Gasteiger partial charge in [-0.25, -0.2) is 8.42 Å². The molecule has 212 valence electrons. The lowest BCUT2D eigenvalue weighted by Crippen LogP contribution is -2.53. The number of nitrogens with one attached hydrogen (secondary N) is 1. The number of carbonyl (C=O) groups excluding carboxylic acids is 2. The molecule has 0 unspecified atom stereocenters. The van der Waals surface area contributed by atoms with E-state index in [1.54, 1.807) is 0 Å². The first-order valence-electron chi connectivity index (χ1n) is 13.6. The second-order valence-corrected chi connectivity index (χ2v) is 12.1. The minimum absolute atomic E-state index is 0.0498. The Morgan fingerprint density at radius 2 is 1.43 bits per heavy atom. The van der Waals surface area contributed by atoms with E-state index in [1.165, 1.54) is 4.90 Å². The van der Waals surface area contributed by atoms with Crippen LogP contribution in [0.2, 0.25) is 0 Å². The third kappa shape index (κ3) is 8.74. The molecule has 0 radical (unpaired) electrons. The van der Waals surface area contributed by atoms with E-state index in [2.05, 4.69) is 5.32 Å². The largest absolute Gasteiger partial charge is 0.376 e. The van der Waals surface area contributed by atoms with Crippen molar-refractivity contribution in [1.29, 1.82) is 0 Å². The zero-order valence-electron chi connectivity index (χ0n) is 22.8. The summed E-state index contributed by atoms with van der Waals surface area (Å²) in [7, 11) is -3.72. The number of hydrogen-bond donors (Lipinski definition) is 1. The number of hydrogen-bond acceptors (Lipinski definition) is 5. The maximum Gasteiger partial charge on any atom is 0.243 e. The highest BCUT2D eigenvalue weighted by Gasteiger charge is 2.33. The van der Waals surface area contributed by atoms with Gasteiger partial charge in [-0.2, -0.15) is 4.31 Å². The molecule has 40 heavy (non-hydrogen) atoms. The molecule has 1 aliphatic rings. The number of amides is 2. The number of carbonyl (C=O) groups is 2. The van der Waals surface area contributed by atoms with Crippen molar-refractivity contribution in [2.75, 3.05) is 26.0 Å². The molecule has 4 rings (SSSR count). The van der Waals surface area contributed by atoms with Crippen LogP contribution in [0.15, 0.2) is 91.0 Å². The molecule has 3 aromatic rings. The third-order valence-electron chi connectivity index (χ3n) is 6.98. The zero-order valence-corrected chi connectivity index (χ0v) is 23.6. The third-order valence-corrected chi connectivity index (χ3v) is 8.17. The van der Waals surface area contributed by atoms with E-state index in [-0.39, 0.29) is 38.1 Å². The van der Waals surface area contributed by atoms with Crippen LogP contribution in [0.1, 0.15) is 29.5 Å². The van der Waals surface area contributed by atoms with Gasteiger partial charge in [-0.15, -0.1) is 0 Å². The lowest BCUT2D eigenvalue weighted by molar-refractivity contribution is -0.141. The fourth-order valence-electron chi connectivity index (χ4n) is 4.79. The Kier molecular flexibility index (Phi) is 10.5. The molecule has 0 aromatic heterocycles. The summed E-state index contributed by atoms with van der Waals surface area (Å²) in [6.45, 7) is 0.869. The van der Waals surface area contributed by atoms with Crippen LogP contribution in [0.5, 0.6) is 0 Å². The van der Waals surface area contributed by atoms with Crippen LogP contribution in [0.25, 0.3) is 0 Å². The molecule has 0 spiro atoms. The molecule has 0 saturated carbocycles. The van der Waals surface area contributed by atoms with E-state index >= 15 is 0 Å². The summed E-state index contributed by atoms with van der Waals surface area (Å²) in [6, 6.07) is 27.2. The first-order valence-corrected chi connectivity index (χ1v) is 15.4. The minimum atomic E-state index is -3.72. The molecule has 9 heteroatoms. The van der Waals surface area contributed by atoms with Gasteiger partial charge in [-0.3, -0.25) is 9.59 Å². The van der Waals surface area contributed by atoms with Crippen LogP contribution in [0, 0.1) is 0 Å². The van der Waals surface area contributed by atoms with Gasteiger partial charge in [-0.05, 0) is 29.5 Å². The van der Waals surface area contributed by atoms with Gasteiger partial charge in [0.15, 0.2) is 0 Å². The normalized spacial score (nSPS) is 16.0. The molecule has 0 bridgehead atoms. The summed E-state index contributed by atoms with van der Waals surface area (Å²) < 4.78 is 32.4. The Labute approximate surface area is 237 Å². The summed E-state index contributed by atoms with van der Waals surface area (Å²) in [5, 5.41) is 3.00. The lowest BCUT2D eigenvalue weighted by Gasteiger charge is -2.33. The van der Waals surface area contributed by atoms with Crippen molar-refractivity contribution in [2.45, 2.75) is 44.5 Å². The van der Waals surface area contributed by atoms with Gasteiger partial charge in [0.25, 0.3) is 0 Å². The molecular formula is C31H37N3O5S.